The maximum Gasteiger partial charge on any atom is 0.320 e. The van der Waals surface area contributed by atoms with Crippen LogP contribution in [0.15, 0.2) is 48.5 Å². The molecule has 1 unspecified atom stereocenters. The molecule has 0 amide bonds. The van der Waals surface area contributed by atoms with Crippen molar-refractivity contribution in [1.82, 2.24) is 0 Å². The molecule has 0 aliphatic heterocycles. The van der Waals surface area contributed by atoms with Crippen molar-refractivity contribution in [3.05, 3.63) is 54.1 Å². The molecule has 3 N–H and O–H groups in total. The third kappa shape index (κ3) is 8.33. The van der Waals surface area contributed by atoms with Crippen LogP contribution in [0.4, 0.5) is 5.69 Å². The predicted molar refractivity (Wildman–Crippen MR) is 120 cm³/mol. The molecule has 5 nitrogen and oxygen atoms in total. The Morgan fingerprint density at radius 3 is 1.86 bits per heavy atom. The highest BCUT2D eigenvalue weighted by Crippen LogP contribution is 2.25. The molecule has 1 atom stereocenters. The van der Waals surface area contributed by atoms with Gasteiger partial charge < -0.3 is 20.5 Å². The molecule has 0 spiro atoms. The third-order valence-corrected chi connectivity index (χ3v) is 4.18. The first-order valence-electron chi connectivity index (χ1n) is 8.25. The maximum atomic E-state index is 10.8. The lowest BCUT2D eigenvalue weighted by Gasteiger charge is -2.23. The van der Waals surface area contributed by atoms with Gasteiger partial charge in [0, 0.05) is 30.5 Å². The van der Waals surface area contributed by atoms with Crippen LogP contribution in [0.25, 0.3) is 0 Å². The van der Waals surface area contributed by atoms with Crippen molar-refractivity contribution in [3.63, 3.8) is 0 Å². The number of carbonyl (C=O) groups is 1. The summed E-state index contributed by atoms with van der Waals surface area (Å²) in [6.45, 7) is 1.46. The van der Waals surface area contributed by atoms with Crippen molar-refractivity contribution in [2.45, 2.75) is 12.5 Å². The second-order valence-corrected chi connectivity index (χ2v) is 6.51. The zero-order valence-electron chi connectivity index (χ0n) is 15.1. The topological polar surface area (TPSA) is 75.8 Å². The van der Waals surface area contributed by atoms with Gasteiger partial charge in [0.05, 0.1) is 0 Å². The Balaban J connectivity index is 0.00000364. The van der Waals surface area contributed by atoms with Crippen LogP contribution >= 0.6 is 48.0 Å². The minimum Gasteiger partial charge on any atom is -0.480 e. The fraction of sp³-hybridized carbons (Fsp3) is 0.316. The van der Waals surface area contributed by atoms with E-state index < -0.39 is 12.0 Å². The summed E-state index contributed by atoms with van der Waals surface area (Å²) in [5.41, 5.74) is 7.43. The Hall–Kier alpha value is -1.37. The average Bonchev–Trinajstić information content (AvgIpc) is 2.64. The molecule has 2 aromatic carbocycles. The van der Waals surface area contributed by atoms with Gasteiger partial charge in [-0.2, -0.15) is 0 Å². The Kier molecular flexibility index (Phi) is 13.1. The smallest absolute Gasteiger partial charge is 0.320 e. The van der Waals surface area contributed by atoms with E-state index in [4.69, 9.17) is 38.8 Å². The lowest BCUT2D eigenvalue weighted by atomic mass is 10.1. The van der Waals surface area contributed by atoms with Gasteiger partial charge in [-0.3, -0.25) is 4.79 Å². The predicted octanol–water partition coefficient (Wildman–Crippen LogP) is 4.56. The van der Waals surface area contributed by atoms with E-state index in [1.54, 1.807) is 12.1 Å². The fourth-order valence-corrected chi connectivity index (χ4v) is 2.88. The quantitative estimate of drug-likeness (QED) is 0.498. The van der Waals surface area contributed by atoms with Crippen LogP contribution in [0.3, 0.4) is 0 Å². The summed E-state index contributed by atoms with van der Waals surface area (Å²) in [6, 6.07) is 14.0. The lowest BCUT2D eigenvalue weighted by Crippen LogP contribution is -2.32. The molecule has 28 heavy (non-hydrogen) atoms. The number of nitrogens with zero attached hydrogens (tertiary/aromatic N) is 1. The molecule has 0 aromatic heterocycles. The number of anilines is 1. The Morgan fingerprint density at radius 2 is 1.43 bits per heavy atom. The van der Waals surface area contributed by atoms with Gasteiger partial charge >= 0.3 is 5.97 Å². The second kappa shape index (κ2) is 13.7. The first-order valence-corrected chi connectivity index (χ1v) is 9.32. The third-order valence-electron chi connectivity index (χ3n) is 3.84. The van der Waals surface area contributed by atoms with Gasteiger partial charge in [-0.15, -0.1) is 48.0 Å². The number of aliphatic carboxylic acids is 1. The zero-order chi connectivity index (χ0) is 18.9. The van der Waals surface area contributed by atoms with Crippen LogP contribution in [0.1, 0.15) is 5.56 Å². The van der Waals surface area contributed by atoms with Crippen molar-refractivity contribution in [2.24, 2.45) is 5.73 Å². The van der Waals surface area contributed by atoms with Crippen molar-refractivity contribution in [2.75, 3.05) is 29.7 Å². The van der Waals surface area contributed by atoms with E-state index in [1.807, 2.05) is 36.4 Å². The number of rotatable bonds is 10. The number of nitrogens with two attached hydrogens (primary N) is 1. The molecule has 2 aromatic rings. The number of hydrogen-bond donors (Lipinski definition) is 2. The van der Waals surface area contributed by atoms with Gasteiger partial charge in [0.1, 0.15) is 17.5 Å². The van der Waals surface area contributed by atoms with E-state index in [0.29, 0.717) is 23.3 Å². The van der Waals surface area contributed by atoms with Gasteiger partial charge in [0.25, 0.3) is 0 Å². The highest BCUT2D eigenvalue weighted by Gasteiger charge is 2.12. The van der Waals surface area contributed by atoms with Gasteiger partial charge in [0.15, 0.2) is 0 Å². The Labute approximate surface area is 187 Å². The van der Waals surface area contributed by atoms with Gasteiger partial charge in [-0.25, -0.2) is 0 Å². The number of alkyl halides is 2. The molecule has 0 heterocycles. The fourth-order valence-electron chi connectivity index (χ4n) is 2.47. The van der Waals surface area contributed by atoms with Crippen LogP contribution in [0.5, 0.6) is 11.5 Å². The number of carboxylic acids is 1. The molecule has 0 bridgehead atoms. The molecule has 9 heteroatoms. The number of hydrogen-bond acceptors (Lipinski definition) is 4. The summed E-state index contributed by atoms with van der Waals surface area (Å²) in [5.74, 6) is 1.44. The highest BCUT2D eigenvalue weighted by molar-refractivity contribution is 6.18. The second-order valence-electron chi connectivity index (χ2n) is 5.75. The van der Waals surface area contributed by atoms with Gasteiger partial charge in [0.2, 0.25) is 0 Å². The molecule has 0 fully saturated rings. The number of carboxylic acid groups (broad SMARTS) is 1. The lowest BCUT2D eigenvalue weighted by molar-refractivity contribution is -0.138. The molecule has 156 valence electrons. The summed E-state index contributed by atoms with van der Waals surface area (Å²) < 4.78 is 5.82. The molecular weight excluding hydrogens is 446 g/mol. The SMILES string of the molecule is Cl.Cl.NC(Cc1ccc(Oc2ccc(N(CCCl)CCCl)cc2)cc1)C(=O)O. The van der Waals surface area contributed by atoms with E-state index in [2.05, 4.69) is 4.90 Å². The number of ether oxygens (including phenoxy) is 1. The summed E-state index contributed by atoms with van der Waals surface area (Å²) in [6.07, 6.45) is 0.279. The van der Waals surface area contributed by atoms with Gasteiger partial charge in [-0.1, -0.05) is 12.1 Å². The molecule has 0 aliphatic rings. The van der Waals surface area contributed by atoms with Crippen molar-refractivity contribution in [1.29, 1.82) is 0 Å². The van der Waals surface area contributed by atoms with E-state index in [-0.39, 0.29) is 31.2 Å². The molecule has 0 saturated heterocycles. The van der Waals surface area contributed by atoms with Crippen LogP contribution in [-0.2, 0) is 11.2 Å². The van der Waals surface area contributed by atoms with Crippen LogP contribution in [0.2, 0.25) is 0 Å². The normalized spacial score (nSPS) is 11.0. The summed E-state index contributed by atoms with van der Waals surface area (Å²) in [7, 11) is 0. The minimum absolute atomic E-state index is 0. The first-order chi connectivity index (χ1) is 12.5. The molecule has 0 aliphatic carbocycles. The Morgan fingerprint density at radius 1 is 0.964 bits per heavy atom. The van der Waals surface area contributed by atoms with Gasteiger partial charge in [-0.05, 0) is 48.4 Å². The van der Waals surface area contributed by atoms with Crippen molar-refractivity contribution < 1.29 is 14.6 Å². The van der Waals surface area contributed by atoms with Crippen LogP contribution < -0.4 is 15.4 Å². The largest absolute Gasteiger partial charge is 0.480 e. The number of halogens is 4. The minimum atomic E-state index is -1.01. The highest BCUT2D eigenvalue weighted by atomic mass is 35.5. The maximum absolute atomic E-state index is 10.8. The summed E-state index contributed by atoms with van der Waals surface area (Å²) in [4.78, 5) is 12.9. The van der Waals surface area contributed by atoms with E-state index in [1.165, 1.54) is 0 Å². The molecule has 0 radical (unpaired) electrons. The van der Waals surface area contributed by atoms with Crippen LogP contribution in [-0.4, -0.2) is 42.0 Å². The standard InChI is InChI=1S/C19H22Cl2N2O3.2ClH/c20-9-11-23(12-10-21)15-3-7-17(8-4-15)26-16-5-1-14(2-6-16)13-18(22)19(24)25;;/h1-8,18H,9-13,22H2,(H,24,25);2*1H. The zero-order valence-corrected chi connectivity index (χ0v) is 18.2. The first kappa shape index (κ1) is 26.6. The summed E-state index contributed by atoms with van der Waals surface area (Å²) >= 11 is 11.7. The van der Waals surface area contributed by atoms with Crippen molar-refractivity contribution >= 4 is 59.7 Å². The molecule has 0 saturated carbocycles. The molecule has 2 rings (SSSR count). The Bertz CT molecular complexity index is 693. The van der Waals surface area contributed by atoms with E-state index in [0.717, 1.165) is 24.3 Å². The average molecular weight is 470 g/mol. The van der Waals surface area contributed by atoms with Crippen molar-refractivity contribution in [3.8, 4) is 11.5 Å². The summed E-state index contributed by atoms with van der Waals surface area (Å²) in [5, 5.41) is 8.85. The van der Waals surface area contributed by atoms with E-state index >= 15 is 0 Å². The van der Waals surface area contributed by atoms with E-state index in [9.17, 15) is 4.79 Å². The van der Waals surface area contributed by atoms with Crippen LogP contribution in [0, 0.1) is 0 Å². The number of benzene rings is 2. The molecular formula is C19H24Cl4N2O3. The monoisotopic (exact) mass is 468 g/mol.